The first-order valence-corrected chi connectivity index (χ1v) is 9.85. The number of aliphatic imine (C=N–C) groups is 1. The molecule has 0 atom stereocenters. The summed E-state index contributed by atoms with van der Waals surface area (Å²) in [5.74, 6) is -0.356. The van der Waals surface area contributed by atoms with Crippen LogP contribution in [0.15, 0.2) is 23.2 Å². The Hall–Kier alpha value is -1.43. The van der Waals surface area contributed by atoms with Crippen LogP contribution in [0.2, 0.25) is 0 Å². The Labute approximate surface area is 171 Å². The van der Waals surface area contributed by atoms with Gasteiger partial charge in [-0.25, -0.2) is 17.8 Å². The van der Waals surface area contributed by atoms with Crippen molar-refractivity contribution in [1.82, 2.24) is 15.5 Å². The number of nitrogens with zero attached hydrogens (tertiary/aromatic N) is 2. The van der Waals surface area contributed by atoms with Crippen molar-refractivity contribution < 1.29 is 17.6 Å². The predicted octanol–water partition coefficient (Wildman–Crippen LogP) is 1.13. The Bertz CT molecular complexity index is 739. The number of carbonyl (C=O) groups is 1. The Morgan fingerprint density at radius 2 is 1.88 bits per heavy atom. The van der Waals surface area contributed by atoms with Gasteiger partial charge in [-0.15, -0.1) is 24.0 Å². The molecule has 1 amide bonds. The highest BCUT2D eigenvalue weighted by molar-refractivity contribution is 14.0. The summed E-state index contributed by atoms with van der Waals surface area (Å²) in [5.41, 5.74) is 0.995. The molecule has 0 unspecified atom stereocenters. The summed E-state index contributed by atoms with van der Waals surface area (Å²) in [6, 6.07) is 3.96. The number of hydrogen-bond donors (Lipinski definition) is 2. The van der Waals surface area contributed by atoms with Gasteiger partial charge in [-0.3, -0.25) is 4.79 Å². The first-order chi connectivity index (χ1) is 11.6. The largest absolute Gasteiger partial charge is 0.357 e. The molecular weight excluding hydrogens is 474 g/mol. The van der Waals surface area contributed by atoms with Crippen LogP contribution in [0.5, 0.6) is 0 Å². The lowest BCUT2D eigenvalue weighted by molar-refractivity contribution is -0.127. The van der Waals surface area contributed by atoms with E-state index in [4.69, 9.17) is 0 Å². The van der Waals surface area contributed by atoms with Crippen LogP contribution in [0.3, 0.4) is 0 Å². The van der Waals surface area contributed by atoms with E-state index < -0.39 is 15.7 Å². The molecule has 0 radical (unpaired) electrons. The molecular formula is C16H26FIN4O3S. The van der Waals surface area contributed by atoms with Gasteiger partial charge < -0.3 is 15.5 Å². The first kappa shape index (κ1) is 24.6. The zero-order valence-corrected chi connectivity index (χ0v) is 18.5. The number of amides is 1. The van der Waals surface area contributed by atoms with Crippen LogP contribution in [0.25, 0.3) is 0 Å². The van der Waals surface area contributed by atoms with Crippen molar-refractivity contribution in [3.8, 4) is 0 Å². The number of benzene rings is 1. The van der Waals surface area contributed by atoms with Crippen molar-refractivity contribution >= 4 is 45.7 Å². The van der Waals surface area contributed by atoms with E-state index in [9.17, 15) is 17.6 Å². The van der Waals surface area contributed by atoms with Gasteiger partial charge in [-0.2, -0.15) is 0 Å². The van der Waals surface area contributed by atoms with Crippen molar-refractivity contribution in [3.63, 3.8) is 0 Å². The average Bonchev–Trinajstić information content (AvgIpc) is 2.50. The third-order valence-corrected chi connectivity index (χ3v) is 4.08. The minimum Gasteiger partial charge on any atom is -0.357 e. The van der Waals surface area contributed by atoms with Gasteiger partial charge in [0.1, 0.15) is 5.82 Å². The van der Waals surface area contributed by atoms with E-state index in [2.05, 4.69) is 15.6 Å². The summed E-state index contributed by atoms with van der Waals surface area (Å²) in [6.45, 7) is 2.62. The van der Waals surface area contributed by atoms with Crippen LogP contribution in [-0.2, 0) is 26.9 Å². The summed E-state index contributed by atoms with van der Waals surface area (Å²) in [6.07, 6.45) is 1.13. The summed E-state index contributed by atoms with van der Waals surface area (Å²) in [4.78, 5) is 17.4. The van der Waals surface area contributed by atoms with E-state index in [0.717, 1.165) is 6.26 Å². The van der Waals surface area contributed by atoms with Gasteiger partial charge in [0, 0.05) is 26.9 Å². The highest BCUT2D eigenvalue weighted by Gasteiger charge is 2.11. The fourth-order valence-corrected chi connectivity index (χ4v) is 2.83. The maximum atomic E-state index is 13.5. The van der Waals surface area contributed by atoms with E-state index in [1.165, 1.54) is 23.1 Å². The first-order valence-electron chi connectivity index (χ1n) is 7.79. The van der Waals surface area contributed by atoms with Gasteiger partial charge in [-0.05, 0) is 30.2 Å². The minimum atomic E-state index is -3.24. The fourth-order valence-electron chi connectivity index (χ4n) is 1.99. The molecule has 0 spiro atoms. The summed E-state index contributed by atoms with van der Waals surface area (Å²) in [5, 5.41) is 5.88. The Balaban J connectivity index is 0.00000625. The molecule has 10 heteroatoms. The van der Waals surface area contributed by atoms with Crippen LogP contribution in [0.1, 0.15) is 18.1 Å². The lowest BCUT2D eigenvalue weighted by atomic mass is 10.1. The van der Waals surface area contributed by atoms with Crippen LogP contribution >= 0.6 is 24.0 Å². The smallest absolute Gasteiger partial charge is 0.241 e. The monoisotopic (exact) mass is 500 g/mol. The zero-order chi connectivity index (χ0) is 19.0. The number of halogens is 2. The van der Waals surface area contributed by atoms with E-state index in [1.54, 1.807) is 14.1 Å². The van der Waals surface area contributed by atoms with E-state index in [-0.39, 0.29) is 48.7 Å². The second kappa shape index (κ2) is 11.3. The zero-order valence-electron chi connectivity index (χ0n) is 15.4. The molecule has 0 saturated heterocycles. The fraction of sp³-hybridized carbons (Fsp3) is 0.500. The number of likely N-dealkylation sites (N-methyl/N-ethyl adjacent to an activating group) is 1. The molecule has 1 aromatic carbocycles. The predicted molar refractivity (Wildman–Crippen MR) is 112 cm³/mol. The maximum absolute atomic E-state index is 13.5. The number of hydrogen-bond acceptors (Lipinski definition) is 4. The molecule has 0 aliphatic carbocycles. The number of rotatable bonds is 7. The number of nitrogens with one attached hydrogen (secondary N) is 2. The van der Waals surface area contributed by atoms with Crippen molar-refractivity contribution in [2.45, 2.75) is 19.2 Å². The third-order valence-electron chi connectivity index (χ3n) is 3.24. The molecule has 148 valence electrons. The molecule has 1 aromatic rings. The number of carbonyl (C=O) groups excluding carboxylic acids is 1. The van der Waals surface area contributed by atoms with Gasteiger partial charge in [0.05, 0.1) is 18.8 Å². The minimum absolute atomic E-state index is 0. The van der Waals surface area contributed by atoms with Crippen molar-refractivity contribution in [1.29, 1.82) is 0 Å². The lowest BCUT2D eigenvalue weighted by Gasteiger charge is -2.14. The standard InChI is InChI=1S/C16H25FN4O3S.HI/c1-5-18-16(20-10-15(22)21(2)3)19-9-13-8-14(17)7-6-12(13)11-25(4,23)24;/h6-8H,5,9-11H2,1-4H3,(H2,18,19,20);1H. The molecule has 0 bridgehead atoms. The normalized spacial score (nSPS) is 11.5. The van der Waals surface area contributed by atoms with Gasteiger partial charge in [-0.1, -0.05) is 6.07 Å². The van der Waals surface area contributed by atoms with Crippen molar-refractivity contribution in [2.24, 2.45) is 4.99 Å². The van der Waals surface area contributed by atoms with Crippen LogP contribution in [-0.4, -0.2) is 58.6 Å². The molecule has 0 saturated carbocycles. The molecule has 7 nitrogen and oxygen atoms in total. The lowest BCUT2D eigenvalue weighted by Crippen LogP contribution is -2.42. The third kappa shape index (κ3) is 9.32. The maximum Gasteiger partial charge on any atom is 0.241 e. The van der Waals surface area contributed by atoms with E-state index >= 15 is 0 Å². The van der Waals surface area contributed by atoms with E-state index in [1.807, 2.05) is 6.92 Å². The Morgan fingerprint density at radius 1 is 1.23 bits per heavy atom. The topological polar surface area (TPSA) is 90.9 Å². The highest BCUT2D eigenvalue weighted by atomic mass is 127. The molecule has 26 heavy (non-hydrogen) atoms. The SMILES string of the molecule is CCNC(=NCc1cc(F)ccc1CS(C)(=O)=O)NCC(=O)N(C)C.I. The Kier molecular flexibility index (Phi) is 10.7. The van der Waals surface area contributed by atoms with Crippen molar-refractivity contribution in [3.05, 3.63) is 35.1 Å². The second-order valence-corrected chi connectivity index (χ2v) is 7.96. The molecule has 1 rings (SSSR count). The molecule has 0 aliphatic rings. The summed E-state index contributed by atoms with van der Waals surface area (Å²) >= 11 is 0. The molecule has 0 aliphatic heterocycles. The van der Waals surface area contributed by atoms with Crippen LogP contribution in [0, 0.1) is 5.82 Å². The molecule has 2 N–H and O–H groups in total. The second-order valence-electron chi connectivity index (χ2n) is 5.82. The van der Waals surface area contributed by atoms with Crippen molar-refractivity contribution in [2.75, 3.05) is 33.4 Å². The van der Waals surface area contributed by atoms with Gasteiger partial charge in [0.25, 0.3) is 0 Å². The van der Waals surface area contributed by atoms with Gasteiger partial charge in [0.2, 0.25) is 5.91 Å². The molecule has 0 fully saturated rings. The molecule has 0 aromatic heterocycles. The Morgan fingerprint density at radius 3 is 2.42 bits per heavy atom. The number of sulfone groups is 1. The van der Waals surface area contributed by atoms with Gasteiger partial charge in [0.15, 0.2) is 15.8 Å². The number of guanidine groups is 1. The summed E-state index contributed by atoms with van der Waals surface area (Å²) in [7, 11) is 0.0575. The van der Waals surface area contributed by atoms with Crippen LogP contribution < -0.4 is 10.6 Å². The average molecular weight is 500 g/mol. The summed E-state index contributed by atoms with van der Waals surface area (Å²) < 4.78 is 36.6. The molecule has 0 heterocycles. The highest BCUT2D eigenvalue weighted by Crippen LogP contribution is 2.15. The quantitative estimate of drug-likeness (QED) is 0.333. The van der Waals surface area contributed by atoms with Gasteiger partial charge >= 0.3 is 0 Å². The van der Waals surface area contributed by atoms with E-state index in [0.29, 0.717) is 23.6 Å². The van der Waals surface area contributed by atoms with Crippen LogP contribution in [0.4, 0.5) is 4.39 Å².